The Labute approximate surface area is 108 Å². The fourth-order valence-corrected chi connectivity index (χ4v) is 1.51. The van der Waals surface area contributed by atoms with Gasteiger partial charge in [0.15, 0.2) is 0 Å². The zero-order valence-corrected chi connectivity index (χ0v) is 9.67. The molecule has 1 aromatic carbocycles. The first kappa shape index (κ1) is 11.0. The summed E-state index contributed by atoms with van der Waals surface area (Å²) in [4.78, 5) is 9.19. The van der Waals surface area contributed by atoms with Crippen molar-refractivity contribution < 1.29 is 0 Å². The molecule has 0 bridgehead atoms. The Balaban J connectivity index is 2.00. The topological polar surface area (TPSA) is 93.2 Å². The highest BCUT2D eigenvalue weighted by atomic mass is 15.6. The lowest BCUT2D eigenvalue weighted by atomic mass is 10.2. The van der Waals surface area contributed by atoms with Gasteiger partial charge in [-0.25, -0.2) is 4.98 Å². The molecule has 0 saturated heterocycles. The number of aromatic nitrogens is 6. The SMILES string of the molecule is N#Cc1ccnc(-n2nnc(-c3ccccc3)n2)n1. The maximum atomic E-state index is 8.79. The second-order valence-electron chi connectivity index (χ2n) is 3.62. The van der Waals surface area contributed by atoms with Crippen LogP contribution in [0.4, 0.5) is 0 Å². The summed E-state index contributed by atoms with van der Waals surface area (Å²) in [6, 6.07) is 12.9. The summed E-state index contributed by atoms with van der Waals surface area (Å²) in [6.45, 7) is 0. The monoisotopic (exact) mass is 249 g/mol. The van der Waals surface area contributed by atoms with Gasteiger partial charge in [-0.3, -0.25) is 0 Å². The van der Waals surface area contributed by atoms with Gasteiger partial charge in [0.05, 0.1) is 0 Å². The van der Waals surface area contributed by atoms with Crippen LogP contribution >= 0.6 is 0 Å². The van der Waals surface area contributed by atoms with Crippen molar-refractivity contribution in [1.82, 2.24) is 30.2 Å². The number of hydrogen-bond acceptors (Lipinski definition) is 6. The molecule has 3 aromatic rings. The van der Waals surface area contributed by atoms with E-state index < -0.39 is 0 Å². The second-order valence-corrected chi connectivity index (χ2v) is 3.62. The molecule has 0 atom stereocenters. The summed E-state index contributed by atoms with van der Waals surface area (Å²) < 4.78 is 0. The third-order valence-electron chi connectivity index (χ3n) is 2.38. The van der Waals surface area contributed by atoms with Crippen molar-refractivity contribution in [2.75, 3.05) is 0 Å². The van der Waals surface area contributed by atoms with Crippen LogP contribution in [0.1, 0.15) is 5.69 Å². The largest absolute Gasteiger partial charge is 0.271 e. The van der Waals surface area contributed by atoms with Gasteiger partial charge in [0.2, 0.25) is 5.82 Å². The van der Waals surface area contributed by atoms with E-state index in [1.54, 1.807) is 0 Å². The molecule has 0 fully saturated rings. The number of nitriles is 1. The molecule has 0 radical (unpaired) electrons. The van der Waals surface area contributed by atoms with E-state index in [1.165, 1.54) is 17.1 Å². The van der Waals surface area contributed by atoms with Crippen molar-refractivity contribution in [1.29, 1.82) is 5.26 Å². The van der Waals surface area contributed by atoms with Crippen molar-refractivity contribution in [3.63, 3.8) is 0 Å². The molecule has 0 saturated carbocycles. The van der Waals surface area contributed by atoms with E-state index in [0.29, 0.717) is 5.82 Å². The Morgan fingerprint density at radius 3 is 2.74 bits per heavy atom. The van der Waals surface area contributed by atoms with Crippen LogP contribution < -0.4 is 0 Å². The van der Waals surface area contributed by atoms with E-state index in [-0.39, 0.29) is 11.6 Å². The molecule has 19 heavy (non-hydrogen) atoms. The molecule has 0 aliphatic heterocycles. The molecule has 0 spiro atoms. The van der Waals surface area contributed by atoms with E-state index in [1.807, 2.05) is 36.4 Å². The molecule has 2 aromatic heterocycles. The summed E-state index contributed by atoms with van der Waals surface area (Å²) in [5, 5.41) is 20.8. The minimum absolute atomic E-state index is 0.216. The van der Waals surface area contributed by atoms with Crippen molar-refractivity contribution in [3.05, 3.63) is 48.3 Å². The Hall–Kier alpha value is -3.14. The molecule has 0 N–H and O–H groups in total. The maximum Gasteiger partial charge on any atom is 0.271 e. The van der Waals surface area contributed by atoms with Crippen molar-refractivity contribution >= 4 is 0 Å². The average molecular weight is 249 g/mol. The molecular formula is C12H7N7. The van der Waals surface area contributed by atoms with Crippen LogP contribution in [0.25, 0.3) is 17.3 Å². The van der Waals surface area contributed by atoms with Crippen molar-refractivity contribution in [2.45, 2.75) is 0 Å². The van der Waals surface area contributed by atoms with Crippen molar-refractivity contribution in [3.8, 4) is 23.4 Å². The maximum absolute atomic E-state index is 8.79. The number of hydrogen-bond donors (Lipinski definition) is 0. The van der Waals surface area contributed by atoms with Gasteiger partial charge in [-0.05, 0) is 11.3 Å². The van der Waals surface area contributed by atoms with E-state index in [9.17, 15) is 0 Å². The van der Waals surface area contributed by atoms with Gasteiger partial charge in [0.1, 0.15) is 11.8 Å². The first-order valence-corrected chi connectivity index (χ1v) is 5.46. The standard InChI is InChI=1S/C12H7N7/c13-8-10-6-7-14-12(15-10)19-17-11(16-18-19)9-4-2-1-3-5-9/h1-7H. The van der Waals surface area contributed by atoms with Gasteiger partial charge in [-0.1, -0.05) is 35.1 Å². The number of rotatable bonds is 2. The van der Waals surface area contributed by atoms with Crippen molar-refractivity contribution in [2.24, 2.45) is 0 Å². The van der Waals surface area contributed by atoms with E-state index >= 15 is 0 Å². The van der Waals surface area contributed by atoms with Crippen LogP contribution in [0, 0.1) is 11.3 Å². The molecule has 0 unspecified atom stereocenters. The Kier molecular flexibility index (Phi) is 2.67. The van der Waals surface area contributed by atoms with Crippen LogP contribution in [-0.4, -0.2) is 30.2 Å². The number of tetrazole rings is 1. The fourth-order valence-electron chi connectivity index (χ4n) is 1.51. The molecular weight excluding hydrogens is 242 g/mol. The predicted octanol–water partition coefficient (Wildman–Crippen LogP) is 0.991. The lowest BCUT2D eigenvalue weighted by Crippen LogP contribution is -2.05. The van der Waals surface area contributed by atoms with Gasteiger partial charge in [0, 0.05) is 11.8 Å². The Morgan fingerprint density at radius 1 is 1.11 bits per heavy atom. The summed E-state index contributed by atoms with van der Waals surface area (Å²) in [5.74, 6) is 0.695. The molecule has 2 heterocycles. The molecule has 0 amide bonds. The summed E-state index contributed by atoms with van der Waals surface area (Å²) in [5.41, 5.74) is 1.11. The number of benzene rings is 1. The minimum atomic E-state index is 0.216. The molecule has 0 aliphatic carbocycles. The zero-order chi connectivity index (χ0) is 13.1. The molecule has 7 nitrogen and oxygen atoms in total. The van der Waals surface area contributed by atoms with Gasteiger partial charge in [0.25, 0.3) is 5.95 Å². The summed E-state index contributed by atoms with van der Waals surface area (Å²) >= 11 is 0. The predicted molar refractivity (Wildman–Crippen MR) is 64.9 cm³/mol. The molecule has 7 heteroatoms. The minimum Gasteiger partial charge on any atom is -0.218 e. The average Bonchev–Trinajstić information content (AvgIpc) is 2.98. The zero-order valence-electron chi connectivity index (χ0n) is 9.67. The second kappa shape index (κ2) is 4.62. The molecule has 3 rings (SSSR count). The number of nitrogens with zero attached hydrogens (tertiary/aromatic N) is 7. The van der Waals surface area contributed by atoms with E-state index in [2.05, 4.69) is 25.4 Å². The summed E-state index contributed by atoms with van der Waals surface area (Å²) in [7, 11) is 0. The van der Waals surface area contributed by atoms with Gasteiger partial charge in [-0.15, -0.1) is 10.2 Å². The third-order valence-corrected chi connectivity index (χ3v) is 2.38. The van der Waals surface area contributed by atoms with Crippen LogP contribution in [0.5, 0.6) is 0 Å². The molecule has 0 aliphatic rings. The third kappa shape index (κ3) is 2.14. The lowest BCUT2D eigenvalue weighted by molar-refractivity contribution is 0.677. The van der Waals surface area contributed by atoms with Gasteiger partial charge >= 0.3 is 0 Å². The normalized spacial score (nSPS) is 10.1. The van der Waals surface area contributed by atoms with Gasteiger partial charge < -0.3 is 0 Å². The quantitative estimate of drug-likeness (QED) is 0.672. The first-order valence-electron chi connectivity index (χ1n) is 5.46. The summed E-state index contributed by atoms with van der Waals surface area (Å²) in [6.07, 6.45) is 1.48. The highest BCUT2D eigenvalue weighted by Crippen LogP contribution is 2.12. The van der Waals surface area contributed by atoms with Crippen LogP contribution in [0.3, 0.4) is 0 Å². The van der Waals surface area contributed by atoms with Crippen LogP contribution in [-0.2, 0) is 0 Å². The Morgan fingerprint density at radius 2 is 1.95 bits per heavy atom. The Bertz CT molecular complexity index is 742. The fraction of sp³-hybridized carbons (Fsp3) is 0. The highest BCUT2D eigenvalue weighted by molar-refractivity contribution is 5.53. The van der Waals surface area contributed by atoms with Crippen LogP contribution in [0.2, 0.25) is 0 Å². The lowest BCUT2D eigenvalue weighted by Gasteiger charge is -1.95. The van der Waals surface area contributed by atoms with E-state index in [4.69, 9.17) is 5.26 Å². The first-order chi connectivity index (χ1) is 9.36. The van der Waals surface area contributed by atoms with Crippen LogP contribution in [0.15, 0.2) is 42.6 Å². The van der Waals surface area contributed by atoms with Gasteiger partial charge in [-0.2, -0.15) is 10.2 Å². The smallest absolute Gasteiger partial charge is 0.218 e. The van der Waals surface area contributed by atoms with E-state index in [0.717, 1.165) is 5.56 Å². The molecule has 90 valence electrons. The highest BCUT2D eigenvalue weighted by Gasteiger charge is 2.09.